The highest BCUT2D eigenvalue weighted by atomic mass is 35.5. The first-order valence-electron chi connectivity index (χ1n) is 6.21. The molecule has 0 atom stereocenters. The summed E-state index contributed by atoms with van der Waals surface area (Å²) in [6.45, 7) is 6.03. The predicted octanol–water partition coefficient (Wildman–Crippen LogP) is 4.29. The number of hydrogen-bond donors (Lipinski definition) is 0. The third-order valence-electron chi connectivity index (χ3n) is 3.26. The van der Waals surface area contributed by atoms with Crippen LogP contribution in [-0.2, 0) is 6.42 Å². The molecular formula is C14H14ClN3S. The minimum absolute atomic E-state index is 0.690. The molecule has 0 bridgehead atoms. The molecule has 5 heteroatoms. The molecule has 0 aliphatic rings. The van der Waals surface area contributed by atoms with Gasteiger partial charge in [0.1, 0.15) is 0 Å². The van der Waals surface area contributed by atoms with Crippen molar-refractivity contribution in [3.63, 3.8) is 0 Å². The van der Waals surface area contributed by atoms with E-state index in [1.54, 1.807) is 11.3 Å². The van der Waals surface area contributed by atoms with Gasteiger partial charge in [-0.3, -0.25) is 0 Å². The van der Waals surface area contributed by atoms with Gasteiger partial charge in [0.2, 0.25) is 0 Å². The van der Waals surface area contributed by atoms with Crippen molar-refractivity contribution in [3.8, 4) is 10.4 Å². The molecule has 0 amide bonds. The van der Waals surface area contributed by atoms with Gasteiger partial charge < -0.3 is 0 Å². The molecule has 0 aromatic carbocycles. The largest absolute Gasteiger partial charge is 0.232 e. The van der Waals surface area contributed by atoms with E-state index in [0.717, 1.165) is 34.7 Å². The molecule has 3 nitrogen and oxygen atoms in total. The predicted molar refractivity (Wildman–Crippen MR) is 80.2 cm³/mol. The standard InChI is InChI=1S/C14H14ClN3S/c1-4-10-12(11-6-5-7-19-11)14-16-8(2)13(15)9(3)18(14)17-10/h5-7H,4H2,1-3H3. The first kappa shape index (κ1) is 12.6. The van der Waals surface area contributed by atoms with Gasteiger partial charge in [0.05, 0.1) is 27.7 Å². The minimum atomic E-state index is 0.690. The van der Waals surface area contributed by atoms with Gasteiger partial charge in [0.25, 0.3) is 0 Å². The van der Waals surface area contributed by atoms with Crippen LogP contribution in [0, 0.1) is 13.8 Å². The zero-order valence-electron chi connectivity index (χ0n) is 11.1. The van der Waals surface area contributed by atoms with E-state index in [0.29, 0.717) is 5.02 Å². The molecule has 0 aliphatic heterocycles. The van der Waals surface area contributed by atoms with Crippen LogP contribution in [0.3, 0.4) is 0 Å². The van der Waals surface area contributed by atoms with Crippen LogP contribution in [0.5, 0.6) is 0 Å². The summed E-state index contributed by atoms with van der Waals surface area (Å²) in [5.74, 6) is 0. The van der Waals surface area contributed by atoms with Gasteiger partial charge in [-0.25, -0.2) is 9.50 Å². The molecule has 0 saturated heterocycles. The Kier molecular flexibility index (Phi) is 3.07. The average molecular weight is 292 g/mol. The number of nitrogens with zero attached hydrogens (tertiary/aromatic N) is 3. The van der Waals surface area contributed by atoms with Crippen LogP contribution < -0.4 is 0 Å². The number of rotatable bonds is 2. The van der Waals surface area contributed by atoms with Crippen molar-refractivity contribution in [3.05, 3.63) is 39.6 Å². The summed E-state index contributed by atoms with van der Waals surface area (Å²) in [7, 11) is 0. The SMILES string of the molecule is CCc1nn2c(C)c(Cl)c(C)nc2c1-c1cccs1. The maximum atomic E-state index is 6.27. The van der Waals surface area contributed by atoms with Crippen LogP contribution >= 0.6 is 22.9 Å². The van der Waals surface area contributed by atoms with Gasteiger partial charge >= 0.3 is 0 Å². The van der Waals surface area contributed by atoms with Crippen LogP contribution in [-0.4, -0.2) is 14.6 Å². The first-order valence-corrected chi connectivity index (χ1v) is 7.47. The van der Waals surface area contributed by atoms with E-state index in [9.17, 15) is 0 Å². The fourth-order valence-corrected chi connectivity index (χ4v) is 3.18. The summed E-state index contributed by atoms with van der Waals surface area (Å²) < 4.78 is 1.86. The molecule has 19 heavy (non-hydrogen) atoms. The molecular weight excluding hydrogens is 278 g/mol. The fourth-order valence-electron chi connectivity index (χ4n) is 2.27. The number of halogens is 1. The summed E-state index contributed by atoms with van der Waals surface area (Å²) in [6, 6.07) is 4.17. The Hall–Kier alpha value is -1.39. The summed E-state index contributed by atoms with van der Waals surface area (Å²) in [5, 5.41) is 7.43. The topological polar surface area (TPSA) is 30.2 Å². The lowest BCUT2D eigenvalue weighted by Crippen LogP contribution is -1.99. The molecule has 3 rings (SSSR count). The van der Waals surface area contributed by atoms with E-state index in [2.05, 4.69) is 34.5 Å². The zero-order valence-corrected chi connectivity index (χ0v) is 12.6. The Morgan fingerprint density at radius 1 is 1.37 bits per heavy atom. The highest BCUT2D eigenvalue weighted by molar-refractivity contribution is 7.13. The zero-order chi connectivity index (χ0) is 13.6. The van der Waals surface area contributed by atoms with Gasteiger partial charge in [-0.05, 0) is 31.7 Å². The highest BCUT2D eigenvalue weighted by Gasteiger charge is 2.18. The van der Waals surface area contributed by atoms with E-state index >= 15 is 0 Å². The monoisotopic (exact) mass is 291 g/mol. The van der Waals surface area contributed by atoms with Crippen molar-refractivity contribution in [1.29, 1.82) is 0 Å². The third kappa shape index (κ3) is 1.86. The smallest absolute Gasteiger partial charge is 0.164 e. The summed E-state index contributed by atoms with van der Waals surface area (Å²) >= 11 is 7.98. The Balaban J connectivity index is 2.43. The Bertz CT molecular complexity index is 744. The molecule has 0 aliphatic carbocycles. The maximum absolute atomic E-state index is 6.27. The van der Waals surface area contributed by atoms with Crippen LogP contribution in [0.1, 0.15) is 24.0 Å². The molecule has 0 fully saturated rings. The molecule has 0 saturated carbocycles. The fraction of sp³-hybridized carbons (Fsp3) is 0.286. The lowest BCUT2D eigenvalue weighted by molar-refractivity contribution is 0.850. The summed E-state index contributed by atoms with van der Waals surface area (Å²) in [4.78, 5) is 5.84. The van der Waals surface area contributed by atoms with Crippen molar-refractivity contribution in [2.45, 2.75) is 27.2 Å². The van der Waals surface area contributed by atoms with Crippen LogP contribution in [0.4, 0.5) is 0 Å². The van der Waals surface area contributed by atoms with Gasteiger partial charge in [-0.2, -0.15) is 5.10 Å². The average Bonchev–Trinajstić information content (AvgIpc) is 3.02. The maximum Gasteiger partial charge on any atom is 0.164 e. The molecule has 3 heterocycles. The van der Waals surface area contributed by atoms with Crippen molar-refractivity contribution >= 4 is 28.6 Å². The Morgan fingerprint density at radius 2 is 2.16 bits per heavy atom. The second kappa shape index (κ2) is 4.62. The van der Waals surface area contributed by atoms with Crippen molar-refractivity contribution in [1.82, 2.24) is 14.6 Å². The van der Waals surface area contributed by atoms with Gasteiger partial charge in [-0.15, -0.1) is 11.3 Å². The molecule has 0 spiro atoms. The Morgan fingerprint density at radius 3 is 2.79 bits per heavy atom. The Labute approximate surface area is 120 Å². The molecule has 98 valence electrons. The molecule has 0 radical (unpaired) electrons. The molecule has 0 unspecified atom stereocenters. The van der Waals surface area contributed by atoms with Crippen LogP contribution in [0.2, 0.25) is 5.02 Å². The highest BCUT2D eigenvalue weighted by Crippen LogP contribution is 2.33. The van der Waals surface area contributed by atoms with Gasteiger partial charge in [0.15, 0.2) is 5.65 Å². The van der Waals surface area contributed by atoms with Crippen molar-refractivity contribution in [2.24, 2.45) is 0 Å². The molecule has 0 N–H and O–H groups in total. The number of fused-ring (bicyclic) bond motifs is 1. The van der Waals surface area contributed by atoms with Crippen molar-refractivity contribution in [2.75, 3.05) is 0 Å². The van der Waals surface area contributed by atoms with E-state index in [1.165, 1.54) is 4.88 Å². The lowest BCUT2D eigenvalue weighted by Gasteiger charge is -2.05. The quantitative estimate of drug-likeness (QED) is 0.705. The minimum Gasteiger partial charge on any atom is -0.232 e. The number of hydrogen-bond acceptors (Lipinski definition) is 3. The van der Waals surface area contributed by atoms with E-state index in [1.807, 2.05) is 18.4 Å². The second-order valence-corrected chi connectivity index (χ2v) is 5.81. The summed E-state index contributed by atoms with van der Waals surface area (Å²) in [5.41, 5.74) is 4.91. The van der Waals surface area contributed by atoms with Crippen molar-refractivity contribution < 1.29 is 0 Å². The van der Waals surface area contributed by atoms with Crippen LogP contribution in [0.25, 0.3) is 16.1 Å². The number of aryl methyl sites for hydroxylation is 3. The van der Waals surface area contributed by atoms with Gasteiger partial charge in [-0.1, -0.05) is 24.6 Å². The second-order valence-electron chi connectivity index (χ2n) is 4.48. The van der Waals surface area contributed by atoms with Crippen LogP contribution in [0.15, 0.2) is 17.5 Å². The summed E-state index contributed by atoms with van der Waals surface area (Å²) in [6.07, 6.45) is 0.882. The first-order chi connectivity index (χ1) is 9.13. The molecule has 3 aromatic rings. The lowest BCUT2D eigenvalue weighted by atomic mass is 10.1. The number of aromatic nitrogens is 3. The molecule has 3 aromatic heterocycles. The third-order valence-corrected chi connectivity index (χ3v) is 4.70. The van der Waals surface area contributed by atoms with E-state index < -0.39 is 0 Å². The van der Waals surface area contributed by atoms with Gasteiger partial charge in [0, 0.05) is 4.88 Å². The normalized spacial score (nSPS) is 11.4. The van der Waals surface area contributed by atoms with E-state index in [4.69, 9.17) is 11.6 Å². The van der Waals surface area contributed by atoms with E-state index in [-0.39, 0.29) is 0 Å². The number of thiophene rings is 1.